The van der Waals surface area contributed by atoms with Crippen LogP contribution in [0.5, 0.6) is 0 Å². The second-order valence-corrected chi connectivity index (χ2v) is 8.09. The van der Waals surface area contributed by atoms with Crippen LogP contribution in [-0.4, -0.2) is 17.0 Å². The molecule has 0 aromatic heterocycles. The first-order valence-electron chi connectivity index (χ1n) is 8.58. The molecule has 0 radical (unpaired) electrons. The lowest BCUT2D eigenvalue weighted by atomic mass is 9.90. The van der Waals surface area contributed by atoms with Crippen molar-refractivity contribution in [1.29, 1.82) is 0 Å². The minimum Gasteiger partial charge on any atom is -0.328 e. The third kappa shape index (κ3) is 5.06. The molecule has 0 bridgehead atoms. The molecule has 0 spiro atoms. The van der Waals surface area contributed by atoms with E-state index >= 15 is 0 Å². The molecule has 0 amide bonds. The first kappa shape index (κ1) is 17.9. The quantitative estimate of drug-likeness (QED) is 0.721. The van der Waals surface area contributed by atoms with Crippen molar-refractivity contribution < 1.29 is 0 Å². The fraction of sp³-hybridized carbons (Fsp3) is 0.400. The molecule has 128 valence electrons. The normalized spacial score (nSPS) is 21.2. The van der Waals surface area contributed by atoms with Crippen molar-refractivity contribution in [1.82, 2.24) is 4.90 Å². The van der Waals surface area contributed by atoms with Gasteiger partial charge in [-0.2, -0.15) is 0 Å². The SMILES string of the molecule is NC1CCC(N(Cc2cccc(Cl)c2)Cc2cccc(Br)c2)CC1. The Morgan fingerprint density at radius 3 is 2.21 bits per heavy atom. The monoisotopic (exact) mass is 406 g/mol. The molecule has 0 unspecified atom stereocenters. The smallest absolute Gasteiger partial charge is 0.0409 e. The molecule has 3 rings (SSSR count). The molecule has 2 nitrogen and oxygen atoms in total. The van der Waals surface area contributed by atoms with E-state index in [1.54, 1.807) is 0 Å². The molecule has 2 N–H and O–H groups in total. The van der Waals surface area contributed by atoms with Crippen LogP contribution in [0.1, 0.15) is 36.8 Å². The molecule has 4 heteroatoms. The summed E-state index contributed by atoms with van der Waals surface area (Å²) in [5.41, 5.74) is 8.71. The third-order valence-corrected chi connectivity index (χ3v) is 5.54. The minimum atomic E-state index is 0.375. The zero-order valence-electron chi connectivity index (χ0n) is 13.8. The van der Waals surface area contributed by atoms with Crippen molar-refractivity contribution >= 4 is 27.5 Å². The van der Waals surface area contributed by atoms with Crippen LogP contribution in [0.3, 0.4) is 0 Å². The molecule has 2 aromatic carbocycles. The highest BCUT2D eigenvalue weighted by Crippen LogP contribution is 2.26. The largest absolute Gasteiger partial charge is 0.328 e. The van der Waals surface area contributed by atoms with Crippen LogP contribution >= 0.6 is 27.5 Å². The van der Waals surface area contributed by atoms with E-state index in [9.17, 15) is 0 Å². The molecule has 24 heavy (non-hydrogen) atoms. The summed E-state index contributed by atoms with van der Waals surface area (Å²) in [5.74, 6) is 0. The highest BCUT2D eigenvalue weighted by atomic mass is 79.9. The maximum atomic E-state index is 6.17. The molecule has 1 saturated carbocycles. The number of rotatable bonds is 5. The number of halogens is 2. The van der Waals surface area contributed by atoms with Crippen LogP contribution in [0.2, 0.25) is 5.02 Å². The Kier molecular flexibility index (Phi) is 6.34. The van der Waals surface area contributed by atoms with Gasteiger partial charge in [-0.05, 0) is 61.1 Å². The van der Waals surface area contributed by atoms with Crippen molar-refractivity contribution in [2.75, 3.05) is 0 Å². The Morgan fingerprint density at radius 1 is 0.958 bits per heavy atom. The average Bonchev–Trinajstić information content (AvgIpc) is 2.55. The average molecular weight is 408 g/mol. The predicted octanol–water partition coefficient (Wildman–Crippen LogP) is 5.37. The van der Waals surface area contributed by atoms with E-state index in [1.165, 1.54) is 24.0 Å². The van der Waals surface area contributed by atoms with Crippen LogP contribution in [0.15, 0.2) is 53.0 Å². The Bertz CT molecular complexity index is 621. The number of hydrogen-bond donors (Lipinski definition) is 1. The topological polar surface area (TPSA) is 29.3 Å². The number of hydrogen-bond acceptors (Lipinski definition) is 2. The van der Waals surface area contributed by atoms with Crippen LogP contribution in [0.25, 0.3) is 0 Å². The Labute approximate surface area is 158 Å². The molecular formula is C20H24BrClN2. The van der Waals surface area contributed by atoms with E-state index in [0.717, 1.165) is 35.4 Å². The van der Waals surface area contributed by atoms with Crippen LogP contribution in [0, 0.1) is 0 Å². The lowest BCUT2D eigenvalue weighted by Crippen LogP contribution is -2.40. The third-order valence-electron chi connectivity index (χ3n) is 4.81. The summed E-state index contributed by atoms with van der Waals surface area (Å²) in [6.45, 7) is 1.87. The Balaban J connectivity index is 1.77. The molecule has 1 aliphatic rings. The summed E-state index contributed by atoms with van der Waals surface area (Å²) in [6.07, 6.45) is 4.59. The first-order chi connectivity index (χ1) is 11.6. The molecule has 0 aliphatic heterocycles. The van der Waals surface area contributed by atoms with E-state index in [1.807, 2.05) is 12.1 Å². The van der Waals surface area contributed by atoms with Crippen LogP contribution in [-0.2, 0) is 13.1 Å². The highest BCUT2D eigenvalue weighted by Gasteiger charge is 2.24. The summed E-state index contributed by atoms with van der Waals surface area (Å²) in [5, 5.41) is 0.806. The summed E-state index contributed by atoms with van der Waals surface area (Å²) < 4.78 is 1.13. The highest BCUT2D eigenvalue weighted by molar-refractivity contribution is 9.10. The zero-order chi connectivity index (χ0) is 16.9. The van der Waals surface area contributed by atoms with Gasteiger partial charge in [-0.3, -0.25) is 4.90 Å². The second-order valence-electron chi connectivity index (χ2n) is 6.73. The number of benzene rings is 2. The van der Waals surface area contributed by atoms with Crippen molar-refractivity contribution in [2.24, 2.45) is 5.73 Å². The summed E-state index contributed by atoms with van der Waals surface area (Å²) in [6, 6.07) is 17.7. The standard InChI is InChI=1S/C20H24BrClN2/c21-17-5-1-3-15(11-17)13-24(20-9-7-19(23)8-10-20)14-16-4-2-6-18(22)12-16/h1-6,11-12,19-20H,7-10,13-14,23H2. The molecule has 1 aliphatic carbocycles. The Morgan fingerprint density at radius 2 is 1.58 bits per heavy atom. The van der Waals surface area contributed by atoms with Crippen LogP contribution in [0.4, 0.5) is 0 Å². The van der Waals surface area contributed by atoms with Gasteiger partial charge in [-0.15, -0.1) is 0 Å². The molecule has 0 heterocycles. The minimum absolute atomic E-state index is 0.375. The van der Waals surface area contributed by atoms with Gasteiger partial charge in [0.05, 0.1) is 0 Å². The zero-order valence-corrected chi connectivity index (χ0v) is 16.1. The van der Waals surface area contributed by atoms with E-state index in [-0.39, 0.29) is 0 Å². The van der Waals surface area contributed by atoms with Gasteiger partial charge in [0, 0.05) is 34.7 Å². The molecule has 2 aromatic rings. The fourth-order valence-corrected chi connectivity index (χ4v) is 4.18. The van der Waals surface area contributed by atoms with Crippen molar-refractivity contribution in [3.8, 4) is 0 Å². The number of nitrogens with two attached hydrogens (primary N) is 1. The van der Waals surface area contributed by atoms with E-state index < -0.39 is 0 Å². The molecule has 0 saturated heterocycles. The maximum absolute atomic E-state index is 6.17. The summed E-state index contributed by atoms with van der Waals surface area (Å²) >= 11 is 9.75. The molecule has 1 fully saturated rings. The lowest BCUT2D eigenvalue weighted by Gasteiger charge is -2.36. The fourth-order valence-electron chi connectivity index (χ4n) is 3.52. The lowest BCUT2D eigenvalue weighted by molar-refractivity contribution is 0.134. The maximum Gasteiger partial charge on any atom is 0.0409 e. The van der Waals surface area contributed by atoms with Crippen molar-refractivity contribution in [3.63, 3.8) is 0 Å². The predicted molar refractivity (Wildman–Crippen MR) is 105 cm³/mol. The number of nitrogens with zero attached hydrogens (tertiary/aromatic N) is 1. The Hall–Kier alpha value is -0.870. The second kappa shape index (κ2) is 8.48. The van der Waals surface area contributed by atoms with Crippen molar-refractivity contribution in [2.45, 2.75) is 50.9 Å². The first-order valence-corrected chi connectivity index (χ1v) is 9.76. The van der Waals surface area contributed by atoms with Gasteiger partial charge in [0.15, 0.2) is 0 Å². The molecule has 0 atom stereocenters. The van der Waals surface area contributed by atoms with E-state index in [2.05, 4.69) is 57.2 Å². The summed E-state index contributed by atoms with van der Waals surface area (Å²) in [7, 11) is 0. The van der Waals surface area contributed by atoms with Gasteiger partial charge in [0.25, 0.3) is 0 Å². The van der Waals surface area contributed by atoms with Gasteiger partial charge < -0.3 is 5.73 Å². The van der Waals surface area contributed by atoms with Gasteiger partial charge in [-0.25, -0.2) is 0 Å². The van der Waals surface area contributed by atoms with E-state index in [4.69, 9.17) is 17.3 Å². The van der Waals surface area contributed by atoms with Gasteiger partial charge in [-0.1, -0.05) is 51.8 Å². The molecular weight excluding hydrogens is 384 g/mol. The van der Waals surface area contributed by atoms with E-state index in [0.29, 0.717) is 12.1 Å². The summed E-state index contributed by atoms with van der Waals surface area (Å²) in [4.78, 5) is 2.58. The van der Waals surface area contributed by atoms with Crippen LogP contribution < -0.4 is 5.73 Å². The van der Waals surface area contributed by atoms with Crippen molar-refractivity contribution in [3.05, 3.63) is 69.2 Å². The van der Waals surface area contributed by atoms with Gasteiger partial charge in [0.2, 0.25) is 0 Å². The van der Waals surface area contributed by atoms with Gasteiger partial charge in [0.1, 0.15) is 0 Å². The van der Waals surface area contributed by atoms with Gasteiger partial charge >= 0.3 is 0 Å².